The van der Waals surface area contributed by atoms with Crippen LogP contribution in [0.25, 0.3) is 0 Å². The molecule has 1 aliphatic rings. The van der Waals surface area contributed by atoms with Crippen molar-refractivity contribution in [2.75, 3.05) is 33.2 Å². The van der Waals surface area contributed by atoms with Crippen LogP contribution in [0.1, 0.15) is 6.92 Å². The molecule has 1 aliphatic heterocycles. The first kappa shape index (κ1) is 8.58. The van der Waals surface area contributed by atoms with E-state index in [9.17, 15) is 0 Å². The molecule has 62 valence electrons. The van der Waals surface area contributed by atoms with Crippen molar-refractivity contribution in [2.45, 2.75) is 13.0 Å². The largest absolute Gasteiger partial charge is 0.304 e. The van der Waals surface area contributed by atoms with Gasteiger partial charge in [-0.05, 0) is 14.0 Å². The van der Waals surface area contributed by atoms with Crippen LogP contribution < -0.4 is 0 Å². The van der Waals surface area contributed by atoms with Crippen molar-refractivity contribution in [1.29, 1.82) is 0 Å². The summed E-state index contributed by atoms with van der Waals surface area (Å²) in [6.45, 7) is 6.43. The molecule has 1 atom stereocenters. The molecule has 0 aromatic carbocycles. The summed E-state index contributed by atoms with van der Waals surface area (Å²) < 4.78 is 0. The molecular weight excluding hydrogens is 136 g/mol. The molecule has 0 saturated carbocycles. The molecule has 0 N–H and O–H groups in total. The van der Waals surface area contributed by atoms with Crippen LogP contribution in [-0.4, -0.2) is 49.1 Å². The topological polar surface area (TPSA) is 6.48 Å². The molecule has 0 radical (unpaired) electrons. The highest BCUT2D eigenvalue weighted by Crippen LogP contribution is 2.05. The van der Waals surface area contributed by atoms with Crippen LogP contribution in [0.15, 0.2) is 0 Å². The zero-order chi connectivity index (χ0) is 8.27. The summed E-state index contributed by atoms with van der Waals surface area (Å²) in [7, 11) is 2.16. The lowest BCUT2D eigenvalue weighted by atomic mass is 10.2. The van der Waals surface area contributed by atoms with Crippen LogP contribution in [0.5, 0.6) is 0 Å². The minimum atomic E-state index is 0.616. The summed E-state index contributed by atoms with van der Waals surface area (Å²) >= 11 is 0. The fourth-order valence-electron chi connectivity index (χ4n) is 1.53. The van der Waals surface area contributed by atoms with Crippen molar-refractivity contribution in [3.8, 4) is 12.3 Å². The van der Waals surface area contributed by atoms with E-state index in [2.05, 4.69) is 29.7 Å². The van der Waals surface area contributed by atoms with Gasteiger partial charge in [0.15, 0.2) is 0 Å². The lowest BCUT2D eigenvalue weighted by Gasteiger charge is -2.36. The van der Waals surface area contributed by atoms with Gasteiger partial charge in [0.2, 0.25) is 0 Å². The highest BCUT2D eigenvalue weighted by molar-refractivity contribution is 4.91. The van der Waals surface area contributed by atoms with Gasteiger partial charge in [-0.3, -0.25) is 4.90 Å². The molecule has 0 aliphatic carbocycles. The summed E-state index contributed by atoms with van der Waals surface area (Å²) in [4.78, 5) is 4.69. The van der Waals surface area contributed by atoms with Gasteiger partial charge in [-0.15, -0.1) is 6.42 Å². The molecule has 1 saturated heterocycles. The van der Waals surface area contributed by atoms with E-state index in [0.29, 0.717) is 6.04 Å². The van der Waals surface area contributed by atoms with Gasteiger partial charge < -0.3 is 4.90 Å². The number of terminal acetylenes is 1. The summed E-state index contributed by atoms with van der Waals surface area (Å²) in [6.07, 6.45) is 5.25. The number of piperazine rings is 1. The Bertz CT molecular complexity index is 159. The Morgan fingerprint density at radius 2 is 2.27 bits per heavy atom. The SMILES string of the molecule is C#CCN1CCN(C)CC1C. The van der Waals surface area contributed by atoms with E-state index >= 15 is 0 Å². The monoisotopic (exact) mass is 152 g/mol. The van der Waals surface area contributed by atoms with Crippen LogP contribution in [-0.2, 0) is 0 Å². The molecule has 0 aromatic heterocycles. The second kappa shape index (κ2) is 3.75. The average molecular weight is 152 g/mol. The molecule has 0 spiro atoms. The minimum absolute atomic E-state index is 0.616. The molecule has 2 nitrogen and oxygen atoms in total. The maximum atomic E-state index is 5.25. The summed E-state index contributed by atoms with van der Waals surface area (Å²) in [5.41, 5.74) is 0. The van der Waals surface area contributed by atoms with Crippen molar-refractivity contribution in [3.63, 3.8) is 0 Å². The average Bonchev–Trinajstić information content (AvgIpc) is 1.95. The Kier molecular flexibility index (Phi) is 2.92. The second-order valence-corrected chi connectivity index (χ2v) is 3.29. The predicted octanol–water partition coefficient (Wildman–Crippen LogP) is 0.256. The van der Waals surface area contributed by atoms with E-state index in [-0.39, 0.29) is 0 Å². The van der Waals surface area contributed by atoms with Gasteiger partial charge in [0, 0.05) is 25.7 Å². The number of hydrogen-bond donors (Lipinski definition) is 0. The van der Waals surface area contributed by atoms with Crippen LogP contribution >= 0.6 is 0 Å². The Morgan fingerprint density at radius 3 is 2.82 bits per heavy atom. The smallest absolute Gasteiger partial charge is 0.0602 e. The highest BCUT2D eigenvalue weighted by atomic mass is 15.3. The predicted molar refractivity (Wildman–Crippen MR) is 47.4 cm³/mol. The first-order valence-corrected chi connectivity index (χ1v) is 4.10. The van der Waals surface area contributed by atoms with Crippen LogP contribution in [0, 0.1) is 12.3 Å². The van der Waals surface area contributed by atoms with Crippen molar-refractivity contribution < 1.29 is 0 Å². The van der Waals surface area contributed by atoms with Gasteiger partial charge in [-0.25, -0.2) is 0 Å². The lowest BCUT2D eigenvalue weighted by Crippen LogP contribution is -2.50. The first-order chi connectivity index (χ1) is 5.24. The third kappa shape index (κ3) is 2.21. The molecule has 0 amide bonds. The Balaban J connectivity index is 2.39. The molecule has 2 heteroatoms. The van der Waals surface area contributed by atoms with E-state index < -0.39 is 0 Å². The zero-order valence-electron chi connectivity index (χ0n) is 7.38. The summed E-state index contributed by atoms with van der Waals surface area (Å²) in [5.74, 6) is 2.69. The first-order valence-electron chi connectivity index (χ1n) is 4.10. The van der Waals surface area contributed by atoms with Gasteiger partial charge in [-0.1, -0.05) is 5.92 Å². The van der Waals surface area contributed by atoms with E-state index in [4.69, 9.17) is 6.42 Å². The minimum Gasteiger partial charge on any atom is -0.304 e. The maximum Gasteiger partial charge on any atom is 0.0602 e. The number of nitrogens with zero attached hydrogens (tertiary/aromatic N) is 2. The fourth-order valence-corrected chi connectivity index (χ4v) is 1.53. The Hall–Kier alpha value is -0.520. The molecule has 0 aromatic rings. The van der Waals surface area contributed by atoms with Gasteiger partial charge in [-0.2, -0.15) is 0 Å². The second-order valence-electron chi connectivity index (χ2n) is 3.29. The van der Waals surface area contributed by atoms with Gasteiger partial charge in [0.05, 0.1) is 6.54 Å². The normalized spacial score (nSPS) is 28.3. The lowest BCUT2D eigenvalue weighted by molar-refractivity contribution is 0.113. The van der Waals surface area contributed by atoms with Crippen LogP contribution in [0.4, 0.5) is 0 Å². The molecular formula is C9H16N2. The van der Waals surface area contributed by atoms with Crippen LogP contribution in [0.3, 0.4) is 0 Å². The number of likely N-dealkylation sites (N-methyl/N-ethyl adjacent to an activating group) is 1. The van der Waals surface area contributed by atoms with Gasteiger partial charge in [0.25, 0.3) is 0 Å². The van der Waals surface area contributed by atoms with Gasteiger partial charge in [0.1, 0.15) is 0 Å². The maximum absolute atomic E-state index is 5.25. The highest BCUT2D eigenvalue weighted by Gasteiger charge is 2.19. The third-order valence-corrected chi connectivity index (χ3v) is 2.26. The van der Waals surface area contributed by atoms with E-state index in [1.807, 2.05) is 0 Å². The van der Waals surface area contributed by atoms with Crippen molar-refractivity contribution in [3.05, 3.63) is 0 Å². The molecule has 1 rings (SSSR count). The summed E-state index contributed by atoms with van der Waals surface area (Å²) in [5, 5.41) is 0. The Labute approximate surface area is 69.2 Å². The molecule has 1 unspecified atom stereocenters. The van der Waals surface area contributed by atoms with E-state index in [1.54, 1.807) is 0 Å². The molecule has 11 heavy (non-hydrogen) atoms. The van der Waals surface area contributed by atoms with Crippen molar-refractivity contribution in [2.24, 2.45) is 0 Å². The molecule has 1 fully saturated rings. The van der Waals surface area contributed by atoms with Gasteiger partial charge >= 0.3 is 0 Å². The van der Waals surface area contributed by atoms with E-state index in [0.717, 1.165) is 26.2 Å². The van der Waals surface area contributed by atoms with Crippen molar-refractivity contribution >= 4 is 0 Å². The standard InChI is InChI=1S/C9H16N2/c1-4-5-11-7-6-10(3)8-9(11)2/h1,9H,5-8H2,2-3H3. The quantitative estimate of drug-likeness (QED) is 0.497. The molecule has 0 bridgehead atoms. The summed E-state index contributed by atoms with van der Waals surface area (Å²) in [6, 6.07) is 0.616. The van der Waals surface area contributed by atoms with Crippen LogP contribution in [0.2, 0.25) is 0 Å². The van der Waals surface area contributed by atoms with E-state index in [1.165, 1.54) is 0 Å². The Morgan fingerprint density at radius 1 is 1.55 bits per heavy atom. The fraction of sp³-hybridized carbons (Fsp3) is 0.778. The third-order valence-electron chi connectivity index (χ3n) is 2.26. The zero-order valence-corrected chi connectivity index (χ0v) is 7.38. The van der Waals surface area contributed by atoms with Crippen molar-refractivity contribution in [1.82, 2.24) is 9.80 Å². The number of rotatable bonds is 1. The number of hydrogen-bond acceptors (Lipinski definition) is 2. The molecule has 1 heterocycles.